The molecule has 1 amide bonds. The van der Waals surface area contributed by atoms with Gasteiger partial charge in [-0.25, -0.2) is 0 Å². The quantitative estimate of drug-likeness (QED) is 0.424. The lowest BCUT2D eigenvalue weighted by Gasteiger charge is -2.41. The minimum absolute atomic E-state index is 0.00690. The van der Waals surface area contributed by atoms with E-state index in [9.17, 15) is 4.79 Å². The monoisotopic (exact) mass is 487 g/mol. The van der Waals surface area contributed by atoms with Crippen LogP contribution >= 0.6 is 11.6 Å². The predicted molar refractivity (Wildman–Crippen MR) is 145 cm³/mol. The van der Waals surface area contributed by atoms with Crippen LogP contribution in [0.3, 0.4) is 0 Å². The third kappa shape index (κ3) is 5.46. The number of carbonyl (C=O) groups is 1. The summed E-state index contributed by atoms with van der Waals surface area (Å²) < 4.78 is 5.58. The molecule has 2 N–H and O–H groups in total. The summed E-state index contributed by atoms with van der Waals surface area (Å²) >= 11 is 6.68. The molecule has 0 bridgehead atoms. The molecule has 0 radical (unpaired) electrons. The van der Waals surface area contributed by atoms with E-state index < -0.39 is 5.41 Å². The highest BCUT2D eigenvalue weighted by atomic mass is 35.5. The van der Waals surface area contributed by atoms with Crippen LogP contribution in [-0.2, 0) is 11.2 Å². The highest BCUT2D eigenvalue weighted by Gasteiger charge is 2.45. The van der Waals surface area contributed by atoms with Crippen molar-refractivity contribution in [1.29, 1.82) is 0 Å². The Labute approximate surface area is 214 Å². The number of nitrogens with two attached hydrogens (primary N) is 1. The second-order valence-corrected chi connectivity index (χ2v) is 10.6. The van der Waals surface area contributed by atoms with E-state index in [-0.39, 0.29) is 17.2 Å². The van der Waals surface area contributed by atoms with Crippen molar-refractivity contribution in [3.8, 4) is 5.75 Å². The minimum atomic E-state index is -0.827. The van der Waals surface area contributed by atoms with Crippen molar-refractivity contribution in [2.75, 3.05) is 6.61 Å². The number of amides is 1. The molecular weight excluding hydrogens is 454 g/mol. The summed E-state index contributed by atoms with van der Waals surface area (Å²) in [5.74, 6) is 0.373. The molecule has 4 rings (SSSR count). The summed E-state index contributed by atoms with van der Waals surface area (Å²) in [5.41, 5.74) is 9.77. The van der Waals surface area contributed by atoms with Gasteiger partial charge in [0, 0.05) is 10.9 Å². The number of allylic oxidation sites excluding steroid dienone is 7. The third-order valence-corrected chi connectivity index (χ3v) is 7.36. The number of hydrogen-bond donors (Lipinski definition) is 1. The zero-order valence-electron chi connectivity index (χ0n) is 20.8. The van der Waals surface area contributed by atoms with Crippen LogP contribution in [0.15, 0.2) is 90.6 Å². The van der Waals surface area contributed by atoms with Crippen molar-refractivity contribution < 1.29 is 9.53 Å². The molecule has 0 saturated heterocycles. The number of carbonyl (C=O) groups excluding carboxylic acids is 1. The lowest BCUT2D eigenvalue weighted by atomic mass is 9.62. The van der Waals surface area contributed by atoms with Crippen molar-refractivity contribution in [1.82, 2.24) is 0 Å². The Bertz CT molecular complexity index is 1200. The van der Waals surface area contributed by atoms with Crippen molar-refractivity contribution in [2.24, 2.45) is 16.6 Å². The van der Waals surface area contributed by atoms with Crippen LogP contribution in [0.5, 0.6) is 5.75 Å². The highest BCUT2D eigenvalue weighted by molar-refractivity contribution is 6.31. The Hall–Kier alpha value is -3.04. The van der Waals surface area contributed by atoms with E-state index in [1.165, 1.54) is 5.57 Å². The first kappa shape index (κ1) is 25.1. The normalized spacial score (nSPS) is 21.4. The summed E-state index contributed by atoms with van der Waals surface area (Å²) in [6.45, 7) is 7.06. The Balaban J connectivity index is 1.77. The number of rotatable bonds is 8. The first-order valence-corrected chi connectivity index (χ1v) is 12.6. The smallest absolute Gasteiger partial charge is 0.228 e. The van der Waals surface area contributed by atoms with Gasteiger partial charge < -0.3 is 10.5 Å². The molecular formula is C31H34ClNO2. The van der Waals surface area contributed by atoms with Crippen LogP contribution in [0.2, 0.25) is 5.02 Å². The van der Waals surface area contributed by atoms with Crippen LogP contribution in [0.25, 0.3) is 0 Å². The number of benzene rings is 2. The van der Waals surface area contributed by atoms with E-state index in [4.69, 9.17) is 22.1 Å². The van der Waals surface area contributed by atoms with Crippen molar-refractivity contribution >= 4 is 17.5 Å². The topological polar surface area (TPSA) is 52.3 Å². The maximum atomic E-state index is 13.1. The first-order chi connectivity index (χ1) is 16.7. The van der Waals surface area contributed by atoms with Crippen molar-refractivity contribution in [3.05, 3.63) is 112 Å². The fourth-order valence-corrected chi connectivity index (χ4v) is 5.48. The fourth-order valence-electron chi connectivity index (χ4n) is 5.29. The molecule has 2 aliphatic carbocycles. The van der Waals surface area contributed by atoms with E-state index in [0.29, 0.717) is 24.5 Å². The molecule has 2 aliphatic rings. The fraction of sp³-hybridized carbons (Fsp3) is 0.323. The average molecular weight is 488 g/mol. The summed E-state index contributed by atoms with van der Waals surface area (Å²) in [5, 5.41) is 0.714. The SMILES string of the molecule is CCOc1ccc(Cc2cc(C(C3=CC=CC(C)(C)C3)C3(C(N)=O)C=CC=CC3)ccc2Cl)cc1. The minimum Gasteiger partial charge on any atom is -0.494 e. The van der Waals surface area contributed by atoms with Crippen molar-refractivity contribution in [3.63, 3.8) is 0 Å². The largest absolute Gasteiger partial charge is 0.494 e. The van der Waals surface area contributed by atoms with Gasteiger partial charge in [0.1, 0.15) is 5.75 Å². The van der Waals surface area contributed by atoms with Gasteiger partial charge in [-0.05, 0) is 66.5 Å². The van der Waals surface area contributed by atoms with Gasteiger partial charge in [0.2, 0.25) is 5.91 Å². The van der Waals surface area contributed by atoms with E-state index in [0.717, 1.165) is 28.9 Å². The average Bonchev–Trinajstić information content (AvgIpc) is 2.82. The maximum absolute atomic E-state index is 13.1. The third-order valence-electron chi connectivity index (χ3n) is 6.99. The van der Waals surface area contributed by atoms with Gasteiger partial charge in [-0.3, -0.25) is 4.79 Å². The molecule has 2 aromatic carbocycles. The summed E-state index contributed by atoms with van der Waals surface area (Å²) in [6.07, 6.45) is 16.6. The second kappa shape index (κ2) is 10.3. The van der Waals surface area contributed by atoms with Gasteiger partial charge in [0.25, 0.3) is 0 Å². The lowest BCUT2D eigenvalue weighted by Crippen LogP contribution is -2.42. The van der Waals surface area contributed by atoms with E-state index in [1.807, 2.05) is 49.4 Å². The molecule has 0 fully saturated rings. The molecule has 2 atom stereocenters. The molecule has 0 aromatic heterocycles. The van der Waals surface area contributed by atoms with Gasteiger partial charge in [-0.1, -0.05) is 97.8 Å². The van der Waals surface area contributed by atoms with Gasteiger partial charge in [-0.15, -0.1) is 0 Å². The number of primary amides is 1. The highest BCUT2D eigenvalue weighted by Crippen LogP contribution is 2.51. The number of ether oxygens (including phenoxy) is 1. The molecule has 4 heteroatoms. The lowest BCUT2D eigenvalue weighted by molar-refractivity contribution is -0.126. The molecule has 0 heterocycles. The van der Waals surface area contributed by atoms with Crippen LogP contribution in [0.4, 0.5) is 0 Å². The van der Waals surface area contributed by atoms with Crippen LogP contribution < -0.4 is 10.5 Å². The van der Waals surface area contributed by atoms with Gasteiger partial charge in [0.15, 0.2) is 0 Å². The van der Waals surface area contributed by atoms with E-state index >= 15 is 0 Å². The van der Waals surface area contributed by atoms with Crippen LogP contribution in [0, 0.1) is 10.8 Å². The van der Waals surface area contributed by atoms with Gasteiger partial charge in [0.05, 0.1) is 12.0 Å². The maximum Gasteiger partial charge on any atom is 0.228 e. The molecule has 0 saturated carbocycles. The molecule has 2 aromatic rings. The summed E-state index contributed by atoms with van der Waals surface area (Å²) in [4.78, 5) is 13.1. The Morgan fingerprint density at radius 3 is 2.49 bits per heavy atom. The standard InChI is InChI=1S/C31H34ClNO2/c1-4-35-26-13-10-22(11-14-26)19-25-20-23(12-15-27(25)32)28(24-9-8-16-30(2,3)21-24)31(29(33)34)17-6-5-7-18-31/h5-17,20,28H,4,18-19,21H2,1-3H3,(H2,33,34). The van der Waals surface area contributed by atoms with E-state index in [2.05, 4.69) is 56.3 Å². The Morgan fingerprint density at radius 1 is 1.09 bits per heavy atom. The summed E-state index contributed by atoms with van der Waals surface area (Å²) in [6, 6.07) is 14.3. The van der Waals surface area contributed by atoms with Crippen LogP contribution in [-0.4, -0.2) is 12.5 Å². The molecule has 0 aliphatic heterocycles. The number of hydrogen-bond acceptors (Lipinski definition) is 2. The molecule has 182 valence electrons. The Morgan fingerprint density at radius 2 is 1.86 bits per heavy atom. The predicted octanol–water partition coefficient (Wildman–Crippen LogP) is 7.31. The summed E-state index contributed by atoms with van der Waals surface area (Å²) in [7, 11) is 0. The number of halogens is 1. The molecule has 35 heavy (non-hydrogen) atoms. The molecule has 2 unspecified atom stereocenters. The van der Waals surface area contributed by atoms with Crippen LogP contribution in [0.1, 0.15) is 56.2 Å². The molecule has 3 nitrogen and oxygen atoms in total. The van der Waals surface area contributed by atoms with E-state index in [1.54, 1.807) is 0 Å². The second-order valence-electron chi connectivity index (χ2n) is 10.2. The zero-order valence-corrected chi connectivity index (χ0v) is 21.5. The van der Waals surface area contributed by atoms with Gasteiger partial charge >= 0.3 is 0 Å². The zero-order chi connectivity index (χ0) is 25.1. The first-order valence-electron chi connectivity index (χ1n) is 12.3. The molecule has 0 spiro atoms. The van der Waals surface area contributed by atoms with Gasteiger partial charge in [-0.2, -0.15) is 0 Å². The van der Waals surface area contributed by atoms with Crippen molar-refractivity contribution in [2.45, 2.75) is 46.0 Å². The Kier molecular flexibility index (Phi) is 7.37.